The molecule has 3 aromatic rings. The Morgan fingerprint density at radius 1 is 0.871 bits per heavy atom. The van der Waals surface area contributed by atoms with E-state index < -0.39 is 0 Å². The molecule has 0 atom stereocenters. The molecule has 3 rings (SSSR count). The lowest BCUT2D eigenvalue weighted by molar-refractivity contribution is -0.115. The van der Waals surface area contributed by atoms with Crippen molar-refractivity contribution in [2.75, 3.05) is 5.32 Å². The molecule has 0 aliphatic rings. The number of carbonyl (C=O) groups is 1. The Morgan fingerprint density at radius 2 is 1.45 bits per heavy atom. The van der Waals surface area contributed by atoms with Crippen molar-refractivity contribution in [2.24, 2.45) is 5.92 Å². The lowest BCUT2D eigenvalue weighted by Gasteiger charge is -2.13. The minimum absolute atomic E-state index is 0.0691. The summed E-state index contributed by atoms with van der Waals surface area (Å²) in [5.41, 5.74) is 7.79. The van der Waals surface area contributed by atoms with Crippen molar-refractivity contribution in [2.45, 2.75) is 54.4 Å². The molecule has 3 aromatic carbocycles. The Kier molecular flexibility index (Phi) is 8.87. The lowest BCUT2D eigenvalue weighted by Crippen LogP contribution is -2.15. The van der Waals surface area contributed by atoms with Crippen LogP contribution in [0.2, 0.25) is 0 Å². The van der Waals surface area contributed by atoms with Crippen LogP contribution >= 0.6 is 0 Å². The number of benzene rings is 3. The van der Waals surface area contributed by atoms with Crippen LogP contribution in [-0.4, -0.2) is 11.0 Å². The molecular weight excluding hydrogens is 382 g/mol. The standard InChI is InChI=1S/C26H29NO2.C2H6/c1-17(2)13-21-7-8-22(14-18(21)3)23-9-12-25(19(4)15-23)27-26(29)16-20-5-10-24(28)11-6-20;1-2/h5-12,14-15,17,28H,13,16H2,1-4H3,(H,27,29);1-2H3. The van der Waals surface area contributed by atoms with Crippen molar-refractivity contribution >= 4 is 11.6 Å². The summed E-state index contributed by atoms with van der Waals surface area (Å²) in [6.07, 6.45) is 1.37. The fraction of sp³-hybridized carbons (Fsp3) is 0.321. The number of aryl methyl sites for hydroxylation is 2. The van der Waals surface area contributed by atoms with Crippen LogP contribution in [0.5, 0.6) is 5.75 Å². The summed E-state index contributed by atoms with van der Waals surface area (Å²) < 4.78 is 0. The van der Waals surface area contributed by atoms with Gasteiger partial charge in [0.15, 0.2) is 0 Å². The average molecular weight is 418 g/mol. The number of amides is 1. The van der Waals surface area contributed by atoms with E-state index in [1.54, 1.807) is 24.3 Å². The minimum atomic E-state index is -0.0691. The van der Waals surface area contributed by atoms with E-state index in [2.05, 4.69) is 56.4 Å². The van der Waals surface area contributed by atoms with E-state index in [1.165, 1.54) is 16.7 Å². The van der Waals surface area contributed by atoms with Crippen molar-refractivity contribution < 1.29 is 9.90 Å². The Labute approximate surface area is 187 Å². The molecule has 0 aromatic heterocycles. The number of hydrogen-bond donors (Lipinski definition) is 2. The van der Waals surface area contributed by atoms with Gasteiger partial charge in [-0.3, -0.25) is 4.79 Å². The third-order valence-electron chi connectivity index (χ3n) is 5.11. The third kappa shape index (κ3) is 6.99. The Hall–Kier alpha value is -3.07. The van der Waals surface area contributed by atoms with Crippen LogP contribution in [0, 0.1) is 19.8 Å². The minimum Gasteiger partial charge on any atom is -0.508 e. The van der Waals surface area contributed by atoms with Gasteiger partial charge >= 0.3 is 0 Å². The lowest BCUT2D eigenvalue weighted by atomic mass is 9.94. The number of phenols is 1. The molecule has 1 amide bonds. The average Bonchev–Trinajstić information content (AvgIpc) is 2.74. The van der Waals surface area contributed by atoms with Gasteiger partial charge in [0.25, 0.3) is 0 Å². The molecule has 3 nitrogen and oxygen atoms in total. The summed E-state index contributed by atoms with van der Waals surface area (Å²) in [4.78, 5) is 12.4. The van der Waals surface area contributed by atoms with Crippen molar-refractivity contribution in [1.29, 1.82) is 0 Å². The van der Waals surface area contributed by atoms with Crippen LogP contribution < -0.4 is 5.32 Å². The molecule has 0 unspecified atom stereocenters. The van der Waals surface area contributed by atoms with E-state index in [9.17, 15) is 9.90 Å². The highest BCUT2D eigenvalue weighted by Gasteiger charge is 2.09. The topological polar surface area (TPSA) is 49.3 Å². The first-order valence-electron chi connectivity index (χ1n) is 11.1. The maximum Gasteiger partial charge on any atom is 0.228 e. The largest absolute Gasteiger partial charge is 0.508 e. The summed E-state index contributed by atoms with van der Waals surface area (Å²) in [5.74, 6) is 0.778. The smallest absolute Gasteiger partial charge is 0.228 e. The molecular formula is C28H35NO2. The first-order chi connectivity index (χ1) is 14.8. The molecule has 0 fully saturated rings. The fourth-order valence-electron chi connectivity index (χ4n) is 3.52. The van der Waals surface area contributed by atoms with E-state index in [0.717, 1.165) is 28.8 Å². The molecule has 0 aliphatic heterocycles. The van der Waals surface area contributed by atoms with Gasteiger partial charge in [-0.25, -0.2) is 0 Å². The number of nitrogens with one attached hydrogen (secondary N) is 1. The predicted molar refractivity (Wildman–Crippen MR) is 132 cm³/mol. The number of aromatic hydroxyl groups is 1. The SMILES string of the molecule is CC.Cc1cc(-c2ccc(NC(=O)Cc3ccc(O)cc3)c(C)c2)ccc1CC(C)C. The normalized spacial score (nSPS) is 10.4. The van der Waals surface area contributed by atoms with Gasteiger partial charge in [0, 0.05) is 5.69 Å². The number of carbonyl (C=O) groups excluding carboxylic acids is 1. The van der Waals surface area contributed by atoms with E-state index in [4.69, 9.17) is 0 Å². The zero-order chi connectivity index (χ0) is 23.0. The van der Waals surface area contributed by atoms with Gasteiger partial charge in [-0.1, -0.05) is 64.1 Å². The first-order valence-corrected chi connectivity index (χ1v) is 11.1. The van der Waals surface area contributed by atoms with Crippen LogP contribution in [-0.2, 0) is 17.6 Å². The zero-order valence-electron chi connectivity index (χ0n) is 19.6. The Bertz CT molecular complexity index is 1000. The maximum absolute atomic E-state index is 12.4. The zero-order valence-corrected chi connectivity index (χ0v) is 19.6. The van der Waals surface area contributed by atoms with Gasteiger partial charge in [-0.2, -0.15) is 0 Å². The molecule has 0 saturated carbocycles. The van der Waals surface area contributed by atoms with Crippen molar-refractivity contribution in [3.8, 4) is 16.9 Å². The van der Waals surface area contributed by atoms with Crippen molar-refractivity contribution in [3.63, 3.8) is 0 Å². The van der Waals surface area contributed by atoms with Crippen LogP contribution in [0.1, 0.15) is 49.9 Å². The van der Waals surface area contributed by atoms with Crippen LogP contribution in [0.3, 0.4) is 0 Å². The Balaban J connectivity index is 0.00000166. The fourth-order valence-corrected chi connectivity index (χ4v) is 3.52. The number of rotatable bonds is 6. The second-order valence-electron chi connectivity index (χ2n) is 8.16. The molecule has 0 aliphatic carbocycles. The van der Waals surface area contributed by atoms with Crippen molar-refractivity contribution in [3.05, 3.63) is 82.9 Å². The molecule has 0 saturated heterocycles. The highest BCUT2D eigenvalue weighted by Crippen LogP contribution is 2.27. The third-order valence-corrected chi connectivity index (χ3v) is 5.11. The van der Waals surface area contributed by atoms with Gasteiger partial charge in [0.05, 0.1) is 6.42 Å². The molecule has 2 N–H and O–H groups in total. The van der Waals surface area contributed by atoms with Gasteiger partial charge in [0.1, 0.15) is 5.75 Å². The second-order valence-corrected chi connectivity index (χ2v) is 8.16. The molecule has 0 bridgehead atoms. The van der Waals surface area contributed by atoms with Gasteiger partial charge in [0.2, 0.25) is 5.91 Å². The molecule has 31 heavy (non-hydrogen) atoms. The number of anilines is 1. The van der Waals surface area contributed by atoms with Crippen LogP contribution in [0.25, 0.3) is 11.1 Å². The van der Waals surface area contributed by atoms with Gasteiger partial charge < -0.3 is 10.4 Å². The van der Waals surface area contributed by atoms with E-state index in [1.807, 2.05) is 26.8 Å². The van der Waals surface area contributed by atoms with Crippen LogP contribution in [0.15, 0.2) is 60.7 Å². The van der Waals surface area contributed by atoms with Crippen LogP contribution in [0.4, 0.5) is 5.69 Å². The molecule has 0 radical (unpaired) electrons. The van der Waals surface area contributed by atoms with E-state index >= 15 is 0 Å². The summed E-state index contributed by atoms with van der Waals surface area (Å²) in [7, 11) is 0. The first kappa shape index (κ1) is 24.2. The quantitative estimate of drug-likeness (QED) is 0.450. The number of hydrogen-bond acceptors (Lipinski definition) is 2. The summed E-state index contributed by atoms with van der Waals surface area (Å²) in [5, 5.41) is 12.3. The monoisotopic (exact) mass is 417 g/mol. The van der Waals surface area contributed by atoms with Crippen molar-refractivity contribution in [1.82, 2.24) is 0 Å². The highest BCUT2D eigenvalue weighted by molar-refractivity contribution is 5.93. The number of phenolic OH excluding ortho intramolecular Hbond substituents is 1. The Morgan fingerprint density at radius 3 is 2.00 bits per heavy atom. The maximum atomic E-state index is 12.4. The molecule has 0 heterocycles. The molecule has 3 heteroatoms. The second kappa shape index (κ2) is 11.4. The van der Waals surface area contributed by atoms with E-state index in [-0.39, 0.29) is 18.1 Å². The van der Waals surface area contributed by atoms with E-state index in [0.29, 0.717) is 5.92 Å². The molecule has 0 spiro atoms. The predicted octanol–water partition coefficient (Wildman–Crippen LogP) is 7.08. The summed E-state index contributed by atoms with van der Waals surface area (Å²) >= 11 is 0. The van der Waals surface area contributed by atoms with Gasteiger partial charge in [-0.15, -0.1) is 0 Å². The summed E-state index contributed by atoms with van der Waals surface area (Å²) in [6.45, 7) is 12.7. The summed E-state index contributed by atoms with van der Waals surface area (Å²) in [6, 6.07) is 19.5. The van der Waals surface area contributed by atoms with Gasteiger partial charge in [-0.05, 0) is 83.8 Å². The molecule has 164 valence electrons. The highest BCUT2D eigenvalue weighted by atomic mass is 16.3.